The predicted molar refractivity (Wildman–Crippen MR) is 109 cm³/mol. The molecule has 0 aliphatic rings. The largest absolute Gasteiger partial charge is 0.347 e. The Balaban J connectivity index is 2.08. The number of nitrogens with one attached hydrogen (secondary N) is 1. The van der Waals surface area contributed by atoms with Gasteiger partial charge in [0.2, 0.25) is 0 Å². The maximum atomic E-state index is 12.9. The summed E-state index contributed by atoms with van der Waals surface area (Å²) in [5.41, 5.74) is 5.46. The zero-order valence-corrected chi connectivity index (χ0v) is 16.3. The summed E-state index contributed by atoms with van der Waals surface area (Å²) in [4.78, 5) is 21.1. The molecule has 1 amide bonds. The Hall–Kier alpha value is -3.01. The van der Waals surface area contributed by atoms with Gasteiger partial charge in [0.1, 0.15) is 6.33 Å². The number of carbonyl (C=O) groups excluding carboxylic acids is 1. The molecule has 1 aromatic heterocycles. The van der Waals surface area contributed by atoms with Gasteiger partial charge in [-0.1, -0.05) is 36.8 Å². The molecule has 1 heterocycles. The Kier molecular flexibility index (Phi) is 5.36. The fraction of sp³-hybridized carbons (Fsp3) is 0.261. The quantitative estimate of drug-likeness (QED) is 0.694. The zero-order valence-electron chi connectivity index (χ0n) is 16.3. The smallest absolute Gasteiger partial charge is 0.251 e. The molecule has 4 nitrogen and oxygen atoms in total. The summed E-state index contributed by atoms with van der Waals surface area (Å²) in [6.07, 6.45) is 5.89. The highest BCUT2D eigenvalue weighted by Crippen LogP contribution is 2.28. The van der Waals surface area contributed by atoms with Crippen LogP contribution in [0.5, 0.6) is 0 Å². The van der Waals surface area contributed by atoms with E-state index in [1.165, 1.54) is 11.9 Å². The van der Waals surface area contributed by atoms with Crippen molar-refractivity contribution in [2.75, 3.05) is 0 Å². The van der Waals surface area contributed by atoms with Crippen molar-refractivity contribution in [3.63, 3.8) is 0 Å². The number of amides is 1. The molecular weight excluding hydrogens is 334 g/mol. The molecule has 138 valence electrons. The molecule has 3 aromatic rings. The Bertz CT molecular complexity index is 932. The van der Waals surface area contributed by atoms with Gasteiger partial charge in [0, 0.05) is 29.1 Å². The molecule has 0 aliphatic heterocycles. The molecule has 3 rings (SSSR count). The van der Waals surface area contributed by atoms with E-state index in [4.69, 9.17) is 0 Å². The van der Waals surface area contributed by atoms with E-state index in [9.17, 15) is 4.79 Å². The molecule has 2 aromatic carbocycles. The second-order valence-electron chi connectivity index (χ2n) is 7.48. The number of benzene rings is 2. The second-order valence-corrected chi connectivity index (χ2v) is 7.48. The first kappa shape index (κ1) is 18.8. The highest BCUT2D eigenvalue weighted by atomic mass is 16.1. The summed E-state index contributed by atoms with van der Waals surface area (Å²) in [6, 6.07) is 14.2. The fourth-order valence-corrected chi connectivity index (χ4v) is 2.75. The van der Waals surface area contributed by atoms with Gasteiger partial charge in [-0.3, -0.25) is 4.79 Å². The van der Waals surface area contributed by atoms with Gasteiger partial charge >= 0.3 is 0 Å². The summed E-state index contributed by atoms with van der Waals surface area (Å²) in [6.45, 7) is 8.18. The van der Waals surface area contributed by atoms with Crippen molar-refractivity contribution >= 4 is 5.91 Å². The van der Waals surface area contributed by atoms with Gasteiger partial charge in [0.25, 0.3) is 5.91 Å². The van der Waals surface area contributed by atoms with Crippen LogP contribution in [0, 0.1) is 6.92 Å². The van der Waals surface area contributed by atoms with Crippen molar-refractivity contribution in [2.24, 2.45) is 0 Å². The summed E-state index contributed by atoms with van der Waals surface area (Å²) in [7, 11) is 0. The highest BCUT2D eigenvalue weighted by molar-refractivity contribution is 5.97. The molecule has 0 spiro atoms. The molecule has 0 saturated heterocycles. The van der Waals surface area contributed by atoms with Crippen molar-refractivity contribution in [1.82, 2.24) is 15.3 Å². The maximum absolute atomic E-state index is 12.9. The number of hydrogen-bond donors (Lipinski definition) is 1. The minimum absolute atomic E-state index is 0.0751. The van der Waals surface area contributed by atoms with E-state index in [1.807, 2.05) is 26.0 Å². The van der Waals surface area contributed by atoms with Gasteiger partial charge in [-0.15, -0.1) is 0 Å². The fourth-order valence-electron chi connectivity index (χ4n) is 2.75. The van der Waals surface area contributed by atoms with Gasteiger partial charge in [-0.05, 0) is 62.1 Å². The van der Waals surface area contributed by atoms with Gasteiger partial charge in [-0.2, -0.15) is 0 Å². The van der Waals surface area contributed by atoms with Crippen LogP contribution in [0.25, 0.3) is 22.3 Å². The van der Waals surface area contributed by atoms with Crippen molar-refractivity contribution < 1.29 is 4.79 Å². The van der Waals surface area contributed by atoms with Crippen LogP contribution in [0.4, 0.5) is 0 Å². The van der Waals surface area contributed by atoms with Crippen molar-refractivity contribution in [3.8, 4) is 22.3 Å². The predicted octanol–water partition coefficient (Wildman–Crippen LogP) is 5.04. The van der Waals surface area contributed by atoms with Gasteiger partial charge < -0.3 is 5.32 Å². The lowest BCUT2D eigenvalue weighted by molar-refractivity contribution is 0.0911. The van der Waals surface area contributed by atoms with Gasteiger partial charge in [-0.25, -0.2) is 9.97 Å². The van der Waals surface area contributed by atoms with Crippen molar-refractivity contribution in [2.45, 2.75) is 39.7 Å². The SMILES string of the molecule is CCC(C)(C)NC(=O)c1cc(-c2ccc(C)cc2)cc(-c2cncnc2)c1. The standard InChI is InChI=1S/C23H25N3O/c1-5-23(3,4)26-22(27)20-11-18(17-8-6-16(2)7-9-17)10-19(12-20)21-13-24-15-25-14-21/h6-15H,5H2,1-4H3,(H,26,27). The summed E-state index contributed by atoms with van der Waals surface area (Å²) < 4.78 is 0. The van der Waals surface area contributed by atoms with Crippen LogP contribution in [0.2, 0.25) is 0 Å². The Morgan fingerprint density at radius 3 is 2.11 bits per heavy atom. The number of aryl methyl sites for hydroxylation is 1. The van der Waals surface area contributed by atoms with E-state index in [0.717, 1.165) is 28.7 Å². The average Bonchev–Trinajstić information content (AvgIpc) is 2.68. The highest BCUT2D eigenvalue weighted by Gasteiger charge is 2.20. The van der Waals surface area contributed by atoms with Crippen LogP contribution in [0.15, 0.2) is 61.2 Å². The monoisotopic (exact) mass is 359 g/mol. The lowest BCUT2D eigenvalue weighted by Crippen LogP contribution is -2.42. The van der Waals surface area contributed by atoms with Crippen molar-refractivity contribution in [1.29, 1.82) is 0 Å². The number of rotatable bonds is 5. The Labute approximate surface area is 160 Å². The number of carbonyl (C=O) groups is 1. The molecule has 0 bridgehead atoms. The second kappa shape index (κ2) is 7.70. The number of nitrogens with zero attached hydrogens (tertiary/aromatic N) is 2. The number of aromatic nitrogens is 2. The molecule has 27 heavy (non-hydrogen) atoms. The third-order valence-electron chi connectivity index (χ3n) is 4.81. The average molecular weight is 359 g/mol. The van der Waals surface area contributed by atoms with E-state index in [0.29, 0.717) is 5.56 Å². The van der Waals surface area contributed by atoms with Crippen LogP contribution < -0.4 is 5.32 Å². The van der Waals surface area contributed by atoms with Crippen LogP contribution in [0.3, 0.4) is 0 Å². The molecule has 0 unspecified atom stereocenters. The molecule has 0 saturated carbocycles. The summed E-state index contributed by atoms with van der Waals surface area (Å²) in [5.74, 6) is -0.0751. The molecule has 4 heteroatoms. The molecule has 1 N–H and O–H groups in total. The van der Waals surface area contributed by atoms with Crippen LogP contribution in [-0.4, -0.2) is 21.4 Å². The van der Waals surface area contributed by atoms with E-state index < -0.39 is 0 Å². The van der Waals surface area contributed by atoms with Crippen LogP contribution in [0.1, 0.15) is 43.1 Å². The van der Waals surface area contributed by atoms with Crippen LogP contribution >= 0.6 is 0 Å². The summed E-state index contributed by atoms with van der Waals surface area (Å²) in [5, 5.41) is 3.12. The first-order valence-corrected chi connectivity index (χ1v) is 9.18. The first-order valence-electron chi connectivity index (χ1n) is 9.18. The van der Waals surface area contributed by atoms with E-state index in [2.05, 4.69) is 59.5 Å². The zero-order chi connectivity index (χ0) is 19.4. The molecule has 0 aliphatic carbocycles. The van der Waals surface area contributed by atoms with Crippen molar-refractivity contribution in [3.05, 3.63) is 72.3 Å². The first-order chi connectivity index (χ1) is 12.9. The van der Waals surface area contributed by atoms with Crippen LogP contribution in [-0.2, 0) is 0 Å². The Morgan fingerprint density at radius 1 is 0.926 bits per heavy atom. The molecular formula is C23H25N3O. The third-order valence-corrected chi connectivity index (χ3v) is 4.81. The van der Waals surface area contributed by atoms with E-state index in [-0.39, 0.29) is 11.4 Å². The Morgan fingerprint density at radius 2 is 1.52 bits per heavy atom. The molecule has 0 atom stereocenters. The minimum atomic E-state index is -0.257. The third kappa shape index (κ3) is 4.59. The number of hydrogen-bond acceptors (Lipinski definition) is 3. The topological polar surface area (TPSA) is 54.9 Å². The normalized spacial score (nSPS) is 11.3. The van der Waals surface area contributed by atoms with E-state index >= 15 is 0 Å². The molecule has 0 radical (unpaired) electrons. The van der Waals surface area contributed by atoms with Gasteiger partial charge in [0.05, 0.1) is 0 Å². The van der Waals surface area contributed by atoms with E-state index in [1.54, 1.807) is 12.4 Å². The lowest BCUT2D eigenvalue weighted by Gasteiger charge is -2.24. The lowest BCUT2D eigenvalue weighted by atomic mass is 9.95. The maximum Gasteiger partial charge on any atom is 0.251 e. The summed E-state index contributed by atoms with van der Waals surface area (Å²) >= 11 is 0. The van der Waals surface area contributed by atoms with Gasteiger partial charge in [0.15, 0.2) is 0 Å². The molecule has 0 fully saturated rings. The minimum Gasteiger partial charge on any atom is -0.347 e.